The molecule has 1 amide bonds. The molecule has 0 saturated carbocycles. The molecule has 0 radical (unpaired) electrons. The van der Waals surface area contributed by atoms with Crippen LogP contribution in [0.5, 0.6) is 5.75 Å². The Balaban J connectivity index is 1.86. The van der Waals surface area contributed by atoms with Crippen molar-refractivity contribution in [1.82, 2.24) is 5.32 Å². The van der Waals surface area contributed by atoms with Crippen molar-refractivity contribution in [1.29, 1.82) is 5.26 Å². The monoisotopic (exact) mass is 280 g/mol. The van der Waals surface area contributed by atoms with E-state index in [2.05, 4.69) is 5.32 Å². The van der Waals surface area contributed by atoms with Gasteiger partial charge in [-0.15, -0.1) is 0 Å². The molecule has 2 aromatic rings. The third kappa shape index (κ3) is 4.36. The fourth-order valence-corrected chi connectivity index (χ4v) is 1.79. The zero-order valence-corrected chi connectivity index (χ0v) is 11.7. The molecule has 106 valence electrons. The molecule has 1 N–H and O–H groups in total. The lowest BCUT2D eigenvalue weighted by atomic mass is 10.2. The first kappa shape index (κ1) is 14.6. The SMILES string of the molecule is CC(Oc1ccc(C#N)cc1)C(=O)NCc1ccccc1. The number of carbonyl (C=O) groups is 1. The zero-order chi connectivity index (χ0) is 15.1. The number of nitrogens with zero attached hydrogens (tertiary/aromatic N) is 1. The normalized spacial score (nSPS) is 11.2. The molecule has 4 heteroatoms. The van der Waals surface area contributed by atoms with E-state index in [1.807, 2.05) is 36.4 Å². The number of carbonyl (C=O) groups excluding carboxylic acids is 1. The Bertz CT molecular complexity index is 630. The fourth-order valence-electron chi connectivity index (χ4n) is 1.79. The molecule has 21 heavy (non-hydrogen) atoms. The molecule has 0 spiro atoms. The minimum atomic E-state index is -0.596. The van der Waals surface area contributed by atoms with Crippen molar-refractivity contribution in [2.24, 2.45) is 0 Å². The van der Waals surface area contributed by atoms with Crippen LogP contribution in [0.1, 0.15) is 18.1 Å². The van der Waals surface area contributed by atoms with Gasteiger partial charge in [0.25, 0.3) is 5.91 Å². The van der Waals surface area contributed by atoms with Crippen molar-refractivity contribution < 1.29 is 9.53 Å². The van der Waals surface area contributed by atoms with Crippen LogP contribution in [0.3, 0.4) is 0 Å². The van der Waals surface area contributed by atoms with E-state index in [0.717, 1.165) is 5.56 Å². The molecule has 1 unspecified atom stereocenters. The van der Waals surface area contributed by atoms with Gasteiger partial charge in [0.05, 0.1) is 11.6 Å². The maximum absolute atomic E-state index is 12.0. The van der Waals surface area contributed by atoms with Crippen molar-refractivity contribution in [3.8, 4) is 11.8 Å². The van der Waals surface area contributed by atoms with Gasteiger partial charge in [0.1, 0.15) is 5.75 Å². The lowest BCUT2D eigenvalue weighted by molar-refractivity contribution is -0.127. The second-order valence-electron chi connectivity index (χ2n) is 4.60. The summed E-state index contributed by atoms with van der Waals surface area (Å²) < 4.78 is 5.54. The highest BCUT2D eigenvalue weighted by atomic mass is 16.5. The lowest BCUT2D eigenvalue weighted by Crippen LogP contribution is -2.35. The van der Waals surface area contributed by atoms with Crippen LogP contribution in [-0.4, -0.2) is 12.0 Å². The van der Waals surface area contributed by atoms with Crippen LogP contribution in [0.25, 0.3) is 0 Å². The van der Waals surface area contributed by atoms with Crippen LogP contribution >= 0.6 is 0 Å². The lowest BCUT2D eigenvalue weighted by Gasteiger charge is -2.14. The van der Waals surface area contributed by atoms with Gasteiger partial charge < -0.3 is 10.1 Å². The van der Waals surface area contributed by atoms with Crippen molar-refractivity contribution >= 4 is 5.91 Å². The first-order valence-electron chi connectivity index (χ1n) is 6.67. The van der Waals surface area contributed by atoms with Crippen molar-refractivity contribution in [3.63, 3.8) is 0 Å². The molecule has 0 heterocycles. The Labute approximate surface area is 124 Å². The van der Waals surface area contributed by atoms with E-state index in [1.165, 1.54) is 0 Å². The molecule has 0 aliphatic carbocycles. The first-order chi connectivity index (χ1) is 10.2. The Morgan fingerprint density at radius 3 is 2.48 bits per heavy atom. The predicted molar refractivity (Wildman–Crippen MR) is 79.5 cm³/mol. The van der Waals surface area contributed by atoms with Gasteiger partial charge in [-0.1, -0.05) is 30.3 Å². The highest BCUT2D eigenvalue weighted by Crippen LogP contribution is 2.13. The van der Waals surface area contributed by atoms with Gasteiger partial charge in [-0.2, -0.15) is 5.26 Å². The van der Waals surface area contributed by atoms with E-state index in [1.54, 1.807) is 31.2 Å². The van der Waals surface area contributed by atoms with E-state index in [-0.39, 0.29) is 5.91 Å². The van der Waals surface area contributed by atoms with E-state index in [0.29, 0.717) is 17.9 Å². The van der Waals surface area contributed by atoms with Crippen LogP contribution in [0, 0.1) is 11.3 Å². The second-order valence-corrected chi connectivity index (χ2v) is 4.60. The zero-order valence-electron chi connectivity index (χ0n) is 11.7. The number of nitrogens with one attached hydrogen (secondary N) is 1. The number of rotatable bonds is 5. The third-order valence-electron chi connectivity index (χ3n) is 2.98. The minimum absolute atomic E-state index is 0.178. The highest BCUT2D eigenvalue weighted by molar-refractivity contribution is 5.80. The highest BCUT2D eigenvalue weighted by Gasteiger charge is 2.14. The fraction of sp³-hybridized carbons (Fsp3) is 0.176. The van der Waals surface area contributed by atoms with E-state index in [9.17, 15) is 4.79 Å². The van der Waals surface area contributed by atoms with Crippen LogP contribution in [0.2, 0.25) is 0 Å². The largest absolute Gasteiger partial charge is 0.481 e. The first-order valence-corrected chi connectivity index (χ1v) is 6.67. The standard InChI is InChI=1S/C17H16N2O2/c1-13(21-16-9-7-14(11-18)8-10-16)17(20)19-12-15-5-3-2-4-6-15/h2-10,13H,12H2,1H3,(H,19,20). The Hall–Kier alpha value is -2.80. The average Bonchev–Trinajstić information content (AvgIpc) is 2.54. The molecule has 2 rings (SSSR count). The number of amides is 1. The molecule has 2 aromatic carbocycles. The van der Waals surface area contributed by atoms with Crippen LogP contribution in [0.15, 0.2) is 54.6 Å². The maximum atomic E-state index is 12.0. The van der Waals surface area contributed by atoms with E-state index < -0.39 is 6.10 Å². The summed E-state index contributed by atoms with van der Waals surface area (Å²) in [7, 11) is 0. The molecule has 0 aliphatic rings. The quantitative estimate of drug-likeness (QED) is 0.915. The summed E-state index contributed by atoms with van der Waals surface area (Å²) >= 11 is 0. The van der Waals surface area contributed by atoms with Gasteiger partial charge >= 0.3 is 0 Å². The number of hydrogen-bond acceptors (Lipinski definition) is 3. The Morgan fingerprint density at radius 2 is 1.86 bits per heavy atom. The Morgan fingerprint density at radius 1 is 1.19 bits per heavy atom. The third-order valence-corrected chi connectivity index (χ3v) is 2.98. The van der Waals surface area contributed by atoms with Gasteiger partial charge in [0, 0.05) is 6.54 Å². The van der Waals surface area contributed by atoms with Gasteiger partial charge in [0.2, 0.25) is 0 Å². The van der Waals surface area contributed by atoms with Gasteiger partial charge in [-0.25, -0.2) is 0 Å². The summed E-state index contributed by atoms with van der Waals surface area (Å²) in [6.07, 6.45) is -0.596. The maximum Gasteiger partial charge on any atom is 0.261 e. The molecular weight excluding hydrogens is 264 g/mol. The number of benzene rings is 2. The molecule has 4 nitrogen and oxygen atoms in total. The van der Waals surface area contributed by atoms with Gasteiger partial charge in [-0.3, -0.25) is 4.79 Å². The van der Waals surface area contributed by atoms with Crippen molar-refractivity contribution in [2.75, 3.05) is 0 Å². The number of ether oxygens (including phenoxy) is 1. The summed E-state index contributed by atoms with van der Waals surface area (Å²) in [6.45, 7) is 2.17. The summed E-state index contributed by atoms with van der Waals surface area (Å²) in [5.41, 5.74) is 1.60. The Kier molecular flexibility index (Phi) is 4.94. The average molecular weight is 280 g/mol. The van der Waals surface area contributed by atoms with Crippen LogP contribution in [-0.2, 0) is 11.3 Å². The van der Waals surface area contributed by atoms with Crippen LogP contribution in [0.4, 0.5) is 0 Å². The second kappa shape index (κ2) is 7.11. The van der Waals surface area contributed by atoms with Crippen molar-refractivity contribution in [2.45, 2.75) is 19.6 Å². The molecule has 0 fully saturated rings. The summed E-state index contributed by atoms with van der Waals surface area (Å²) in [6, 6.07) is 18.4. The number of hydrogen-bond donors (Lipinski definition) is 1. The molecular formula is C17H16N2O2. The molecule has 0 aromatic heterocycles. The summed E-state index contributed by atoms with van der Waals surface area (Å²) in [5, 5.41) is 11.5. The van der Waals surface area contributed by atoms with E-state index >= 15 is 0 Å². The van der Waals surface area contributed by atoms with E-state index in [4.69, 9.17) is 10.00 Å². The summed E-state index contributed by atoms with van der Waals surface area (Å²) in [5.74, 6) is 0.388. The van der Waals surface area contributed by atoms with Gasteiger partial charge in [0.15, 0.2) is 6.10 Å². The van der Waals surface area contributed by atoms with Crippen LogP contribution < -0.4 is 10.1 Å². The predicted octanol–water partition coefficient (Wildman–Crippen LogP) is 2.64. The minimum Gasteiger partial charge on any atom is -0.481 e. The smallest absolute Gasteiger partial charge is 0.261 e. The van der Waals surface area contributed by atoms with Gasteiger partial charge in [-0.05, 0) is 36.8 Å². The molecule has 1 atom stereocenters. The molecule has 0 aliphatic heterocycles. The topological polar surface area (TPSA) is 62.1 Å². The van der Waals surface area contributed by atoms with Crippen molar-refractivity contribution in [3.05, 3.63) is 65.7 Å². The summed E-state index contributed by atoms with van der Waals surface area (Å²) in [4.78, 5) is 12.0. The molecule has 0 saturated heterocycles. The molecule has 0 bridgehead atoms. The number of nitriles is 1.